The molecule has 1 N–H and O–H groups in total. The third-order valence-corrected chi connectivity index (χ3v) is 5.85. The van der Waals surface area contributed by atoms with Crippen molar-refractivity contribution >= 4 is 23.4 Å². The summed E-state index contributed by atoms with van der Waals surface area (Å²) in [5, 5.41) is 12.2. The van der Waals surface area contributed by atoms with Gasteiger partial charge >= 0.3 is 0 Å². The van der Waals surface area contributed by atoms with Gasteiger partial charge in [0.05, 0.1) is 11.4 Å². The zero-order valence-electron chi connectivity index (χ0n) is 18.1. The minimum Gasteiger partial charge on any atom is -0.375 e. The predicted octanol–water partition coefficient (Wildman–Crippen LogP) is 3.93. The third kappa shape index (κ3) is 5.63. The second-order valence-corrected chi connectivity index (χ2v) is 8.35. The van der Waals surface area contributed by atoms with Crippen molar-refractivity contribution in [2.75, 3.05) is 30.8 Å². The van der Waals surface area contributed by atoms with Crippen LogP contribution in [0.25, 0.3) is 5.69 Å². The molecule has 0 radical (unpaired) electrons. The van der Waals surface area contributed by atoms with E-state index in [-0.39, 0.29) is 5.91 Å². The van der Waals surface area contributed by atoms with Gasteiger partial charge in [-0.2, -0.15) is 0 Å². The summed E-state index contributed by atoms with van der Waals surface area (Å²) in [6.07, 6.45) is 0.888. The van der Waals surface area contributed by atoms with Crippen LogP contribution in [0, 0.1) is 20.8 Å². The van der Waals surface area contributed by atoms with Crippen LogP contribution in [0.15, 0.2) is 53.7 Å². The van der Waals surface area contributed by atoms with Crippen LogP contribution in [-0.2, 0) is 4.79 Å². The van der Waals surface area contributed by atoms with E-state index >= 15 is 0 Å². The van der Waals surface area contributed by atoms with E-state index in [4.69, 9.17) is 0 Å². The number of hydrogen-bond donors (Lipinski definition) is 1. The first-order chi connectivity index (χ1) is 14.5. The van der Waals surface area contributed by atoms with Crippen molar-refractivity contribution in [1.29, 1.82) is 0 Å². The van der Waals surface area contributed by atoms with Crippen LogP contribution in [0.2, 0.25) is 0 Å². The summed E-state index contributed by atoms with van der Waals surface area (Å²) in [7, 11) is 2.06. The maximum absolute atomic E-state index is 12.3. The minimum atomic E-state index is 0.00975. The summed E-state index contributed by atoms with van der Waals surface area (Å²) >= 11 is 1.41. The number of aromatic nitrogens is 3. The first kappa shape index (κ1) is 21.9. The van der Waals surface area contributed by atoms with E-state index in [1.54, 1.807) is 0 Å². The molecule has 7 heteroatoms. The quantitative estimate of drug-likeness (QED) is 0.417. The summed E-state index contributed by atoms with van der Waals surface area (Å²) in [5.74, 6) is 1.14. The zero-order chi connectivity index (χ0) is 21.5. The molecule has 1 heterocycles. The monoisotopic (exact) mass is 423 g/mol. The zero-order valence-corrected chi connectivity index (χ0v) is 18.9. The molecule has 3 aromatic rings. The highest BCUT2D eigenvalue weighted by atomic mass is 32.2. The van der Waals surface area contributed by atoms with E-state index in [9.17, 15) is 4.79 Å². The Kier molecular flexibility index (Phi) is 7.52. The Morgan fingerprint density at radius 1 is 1.10 bits per heavy atom. The van der Waals surface area contributed by atoms with Crippen LogP contribution < -0.4 is 10.2 Å². The molecule has 3 rings (SSSR count). The Morgan fingerprint density at radius 3 is 2.63 bits per heavy atom. The number of anilines is 1. The van der Waals surface area contributed by atoms with Gasteiger partial charge in [0, 0.05) is 25.8 Å². The van der Waals surface area contributed by atoms with Crippen molar-refractivity contribution in [3.63, 3.8) is 0 Å². The summed E-state index contributed by atoms with van der Waals surface area (Å²) in [5.41, 5.74) is 4.57. The standard InChI is InChI=1S/C23H29N5OS/c1-17-11-12-18(2)21(15-17)28-19(3)25-26-23(28)30-16-22(29)24-13-8-14-27(4)20-9-6-5-7-10-20/h5-7,9-12,15H,8,13-14,16H2,1-4H3,(H,24,29). The molecule has 30 heavy (non-hydrogen) atoms. The van der Waals surface area contributed by atoms with Gasteiger partial charge in [-0.25, -0.2) is 0 Å². The number of thioether (sulfide) groups is 1. The van der Waals surface area contributed by atoms with E-state index in [2.05, 4.69) is 71.6 Å². The molecule has 6 nitrogen and oxygen atoms in total. The second-order valence-electron chi connectivity index (χ2n) is 7.40. The van der Waals surface area contributed by atoms with Crippen LogP contribution in [-0.4, -0.2) is 46.6 Å². The number of carbonyl (C=O) groups is 1. The molecule has 0 saturated carbocycles. The third-order valence-electron chi connectivity index (χ3n) is 4.92. The van der Waals surface area contributed by atoms with E-state index < -0.39 is 0 Å². The van der Waals surface area contributed by atoms with E-state index in [1.807, 2.05) is 29.7 Å². The van der Waals surface area contributed by atoms with Gasteiger partial charge in [0.15, 0.2) is 5.16 Å². The van der Waals surface area contributed by atoms with Gasteiger partial charge in [0.2, 0.25) is 5.91 Å². The van der Waals surface area contributed by atoms with E-state index in [0.717, 1.165) is 35.2 Å². The van der Waals surface area contributed by atoms with Gasteiger partial charge in [0.1, 0.15) is 5.82 Å². The molecule has 0 atom stereocenters. The van der Waals surface area contributed by atoms with Gasteiger partial charge in [-0.3, -0.25) is 9.36 Å². The molecular formula is C23H29N5OS. The number of benzene rings is 2. The number of amides is 1. The number of para-hydroxylation sites is 1. The van der Waals surface area contributed by atoms with Gasteiger partial charge in [-0.05, 0) is 56.5 Å². The molecule has 1 amide bonds. The highest BCUT2D eigenvalue weighted by molar-refractivity contribution is 7.99. The summed E-state index contributed by atoms with van der Waals surface area (Å²) in [6, 6.07) is 16.6. The number of carbonyl (C=O) groups excluding carboxylic acids is 1. The topological polar surface area (TPSA) is 63.1 Å². The number of aryl methyl sites for hydroxylation is 3. The molecular weight excluding hydrogens is 394 g/mol. The molecule has 2 aromatic carbocycles. The Balaban J connectivity index is 1.49. The average molecular weight is 424 g/mol. The lowest BCUT2D eigenvalue weighted by atomic mass is 10.1. The van der Waals surface area contributed by atoms with Crippen molar-refractivity contribution < 1.29 is 4.79 Å². The normalized spacial score (nSPS) is 10.8. The predicted molar refractivity (Wildman–Crippen MR) is 124 cm³/mol. The summed E-state index contributed by atoms with van der Waals surface area (Å²) < 4.78 is 2.02. The molecule has 0 aliphatic rings. The number of hydrogen-bond acceptors (Lipinski definition) is 5. The Bertz CT molecular complexity index is 987. The lowest BCUT2D eigenvalue weighted by Gasteiger charge is -2.19. The molecule has 0 bridgehead atoms. The average Bonchev–Trinajstić information content (AvgIpc) is 3.12. The largest absolute Gasteiger partial charge is 0.375 e. The van der Waals surface area contributed by atoms with Crippen LogP contribution in [0.4, 0.5) is 5.69 Å². The first-order valence-corrected chi connectivity index (χ1v) is 11.1. The van der Waals surface area contributed by atoms with Crippen LogP contribution in [0.5, 0.6) is 0 Å². The van der Waals surface area contributed by atoms with Crippen molar-refractivity contribution in [2.24, 2.45) is 0 Å². The lowest BCUT2D eigenvalue weighted by molar-refractivity contribution is -0.118. The van der Waals surface area contributed by atoms with Gasteiger partial charge < -0.3 is 10.2 Å². The minimum absolute atomic E-state index is 0.00975. The number of nitrogens with zero attached hydrogens (tertiary/aromatic N) is 4. The molecule has 0 aliphatic heterocycles. The molecule has 1 aromatic heterocycles. The van der Waals surface area contributed by atoms with Crippen molar-refractivity contribution in [2.45, 2.75) is 32.3 Å². The van der Waals surface area contributed by atoms with Gasteiger partial charge in [0.25, 0.3) is 0 Å². The molecule has 0 fully saturated rings. The smallest absolute Gasteiger partial charge is 0.230 e. The molecule has 0 spiro atoms. The SMILES string of the molecule is Cc1ccc(C)c(-n2c(C)nnc2SCC(=O)NCCCN(C)c2ccccc2)c1. The maximum atomic E-state index is 12.3. The molecule has 158 valence electrons. The van der Waals surface area contributed by atoms with Crippen molar-refractivity contribution in [1.82, 2.24) is 20.1 Å². The van der Waals surface area contributed by atoms with Crippen molar-refractivity contribution in [3.8, 4) is 5.69 Å². The van der Waals surface area contributed by atoms with Gasteiger partial charge in [-0.1, -0.05) is 42.1 Å². The van der Waals surface area contributed by atoms with Crippen LogP contribution >= 0.6 is 11.8 Å². The molecule has 0 aliphatic carbocycles. The highest BCUT2D eigenvalue weighted by Gasteiger charge is 2.15. The fourth-order valence-electron chi connectivity index (χ4n) is 3.21. The highest BCUT2D eigenvalue weighted by Crippen LogP contribution is 2.24. The Labute approximate surface area is 182 Å². The fourth-order valence-corrected chi connectivity index (χ4v) is 4.03. The molecule has 0 unspecified atom stereocenters. The summed E-state index contributed by atoms with van der Waals surface area (Å²) in [4.78, 5) is 14.5. The maximum Gasteiger partial charge on any atom is 0.230 e. The van der Waals surface area contributed by atoms with Crippen LogP contribution in [0.1, 0.15) is 23.4 Å². The number of rotatable bonds is 9. The van der Waals surface area contributed by atoms with E-state index in [1.165, 1.54) is 23.0 Å². The second kappa shape index (κ2) is 10.3. The van der Waals surface area contributed by atoms with E-state index in [0.29, 0.717) is 12.3 Å². The summed E-state index contributed by atoms with van der Waals surface area (Å²) in [6.45, 7) is 7.61. The Morgan fingerprint density at radius 2 is 1.87 bits per heavy atom. The Hall–Kier alpha value is -2.80. The molecule has 0 saturated heterocycles. The first-order valence-electron chi connectivity index (χ1n) is 10.1. The number of nitrogens with one attached hydrogen (secondary N) is 1. The van der Waals surface area contributed by atoms with Gasteiger partial charge in [-0.15, -0.1) is 10.2 Å². The van der Waals surface area contributed by atoms with Crippen molar-refractivity contribution in [3.05, 3.63) is 65.5 Å². The fraction of sp³-hybridized carbons (Fsp3) is 0.348. The van der Waals surface area contributed by atoms with Crippen LogP contribution in [0.3, 0.4) is 0 Å². The lowest BCUT2D eigenvalue weighted by Crippen LogP contribution is -2.29.